The van der Waals surface area contributed by atoms with Crippen molar-refractivity contribution in [2.24, 2.45) is 0 Å². The zero-order chi connectivity index (χ0) is 22.7. The summed E-state index contributed by atoms with van der Waals surface area (Å²) in [5.41, 5.74) is 4.86. The number of aliphatic carboxylic acids is 1. The fraction of sp³-hybridized carbons (Fsp3) is 0.160. The summed E-state index contributed by atoms with van der Waals surface area (Å²) >= 11 is 0. The first kappa shape index (κ1) is 21.1. The number of nitriles is 1. The van der Waals surface area contributed by atoms with Crippen molar-refractivity contribution in [3.63, 3.8) is 0 Å². The standard InChI is InChI=1S/C25H20N2O5/c26-13-15-9-11-16(12-10-15)23(28)22(24(29)30)27-25(31)32-14-21-19-7-3-1-5-17(19)18-6-2-4-8-20(18)21/h1-12,21-23,28H,14H2,(H,27,31)(H,29,30)/t22?,23-/m1/s1. The van der Waals surface area contributed by atoms with Gasteiger partial charge in [-0.2, -0.15) is 5.26 Å². The van der Waals surface area contributed by atoms with E-state index in [0.717, 1.165) is 22.3 Å². The Balaban J connectivity index is 1.45. The number of aliphatic hydroxyl groups is 1. The van der Waals surface area contributed by atoms with Gasteiger partial charge in [-0.1, -0.05) is 60.7 Å². The summed E-state index contributed by atoms with van der Waals surface area (Å²) in [7, 11) is 0. The van der Waals surface area contributed by atoms with Crippen LogP contribution in [0, 0.1) is 11.3 Å². The molecule has 32 heavy (non-hydrogen) atoms. The molecule has 3 aromatic rings. The molecule has 0 aromatic heterocycles. The lowest BCUT2D eigenvalue weighted by Gasteiger charge is -2.21. The zero-order valence-corrected chi connectivity index (χ0v) is 16.9. The van der Waals surface area contributed by atoms with E-state index in [1.165, 1.54) is 24.3 Å². The third-order valence-electron chi connectivity index (χ3n) is 5.58. The molecule has 0 aliphatic heterocycles. The molecule has 1 unspecified atom stereocenters. The second-order valence-electron chi connectivity index (χ2n) is 7.46. The average molecular weight is 428 g/mol. The molecule has 4 rings (SSSR count). The number of alkyl carbamates (subject to hydrolysis) is 1. The van der Waals surface area contributed by atoms with Crippen LogP contribution in [0.4, 0.5) is 4.79 Å². The number of fused-ring (bicyclic) bond motifs is 3. The molecular weight excluding hydrogens is 408 g/mol. The molecule has 0 fully saturated rings. The van der Waals surface area contributed by atoms with E-state index in [9.17, 15) is 19.8 Å². The number of benzene rings is 3. The van der Waals surface area contributed by atoms with Gasteiger partial charge in [-0.3, -0.25) is 0 Å². The topological polar surface area (TPSA) is 120 Å². The van der Waals surface area contributed by atoms with Gasteiger partial charge in [0.1, 0.15) is 12.7 Å². The Kier molecular flexibility index (Phi) is 5.88. The van der Waals surface area contributed by atoms with E-state index in [4.69, 9.17) is 10.00 Å². The number of amides is 1. The predicted octanol–water partition coefficient (Wildman–Crippen LogP) is 3.58. The maximum atomic E-state index is 12.4. The molecule has 0 heterocycles. The van der Waals surface area contributed by atoms with E-state index >= 15 is 0 Å². The summed E-state index contributed by atoms with van der Waals surface area (Å²) < 4.78 is 5.38. The number of nitrogens with one attached hydrogen (secondary N) is 1. The van der Waals surface area contributed by atoms with Crippen molar-refractivity contribution < 1.29 is 24.5 Å². The summed E-state index contributed by atoms with van der Waals surface area (Å²) in [5, 5.41) is 31.1. The number of hydrogen-bond acceptors (Lipinski definition) is 5. The highest BCUT2D eigenvalue weighted by molar-refractivity contribution is 5.81. The molecule has 0 bridgehead atoms. The highest BCUT2D eigenvalue weighted by Gasteiger charge is 2.32. The first-order valence-corrected chi connectivity index (χ1v) is 10.0. The molecule has 1 aliphatic carbocycles. The number of ether oxygens (including phenoxy) is 1. The number of aliphatic hydroxyl groups excluding tert-OH is 1. The smallest absolute Gasteiger partial charge is 0.407 e. The molecule has 1 amide bonds. The van der Waals surface area contributed by atoms with Crippen molar-refractivity contribution in [3.05, 3.63) is 95.1 Å². The number of rotatable bonds is 6. The van der Waals surface area contributed by atoms with Gasteiger partial charge >= 0.3 is 12.1 Å². The number of carbonyl (C=O) groups excluding carboxylic acids is 1. The molecule has 3 N–H and O–H groups in total. The second kappa shape index (κ2) is 8.92. The number of carbonyl (C=O) groups is 2. The van der Waals surface area contributed by atoms with Gasteiger partial charge < -0.3 is 20.3 Å². The van der Waals surface area contributed by atoms with Crippen LogP contribution < -0.4 is 5.32 Å². The van der Waals surface area contributed by atoms with Gasteiger partial charge in [0.15, 0.2) is 6.04 Å². The Bertz CT molecular complexity index is 1150. The van der Waals surface area contributed by atoms with Gasteiger partial charge in [-0.05, 0) is 39.9 Å². The van der Waals surface area contributed by atoms with Crippen LogP contribution in [0.25, 0.3) is 11.1 Å². The molecule has 0 saturated heterocycles. The maximum Gasteiger partial charge on any atom is 0.407 e. The predicted molar refractivity (Wildman–Crippen MR) is 116 cm³/mol. The molecule has 3 aromatic carbocycles. The summed E-state index contributed by atoms with van der Waals surface area (Å²) in [6.07, 6.45) is -2.45. The zero-order valence-electron chi connectivity index (χ0n) is 16.9. The summed E-state index contributed by atoms with van der Waals surface area (Å²) in [5.74, 6) is -1.57. The minimum absolute atomic E-state index is 0.0269. The summed E-state index contributed by atoms with van der Waals surface area (Å²) in [6, 6.07) is 21.9. The first-order valence-electron chi connectivity index (χ1n) is 10.0. The van der Waals surface area contributed by atoms with Crippen LogP contribution in [-0.4, -0.2) is 34.9 Å². The van der Waals surface area contributed by atoms with Crippen LogP contribution >= 0.6 is 0 Å². The van der Waals surface area contributed by atoms with Gasteiger partial charge in [0.2, 0.25) is 0 Å². The Morgan fingerprint density at radius 3 is 2.06 bits per heavy atom. The molecule has 0 spiro atoms. The monoisotopic (exact) mass is 428 g/mol. The van der Waals surface area contributed by atoms with E-state index in [0.29, 0.717) is 5.56 Å². The van der Waals surface area contributed by atoms with Crippen molar-refractivity contribution in [1.82, 2.24) is 5.32 Å². The van der Waals surface area contributed by atoms with E-state index in [1.54, 1.807) is 0 Å². The first-order chi connectivity index (χ1) is 15.5. The van der Waals surface area contributed by atoms with Gasteiger partial charge in [-0.15, -0.1) is 0 Å². The second-order valence-corrected chi connectivity index (χ2v) is 7.46. The number of carboxylic acid groups (broad SMARTS) is 1. The molecule has 0 saturated carbocycles. The van der Waals surface area contributed by atoms with Gasteiger partial charge in [-0.25, -0.2) is 9.59 Å². The molecule has 7 nitrogen and oxygen atoms in total. The van der Waals surface area contributed by atoms with Crippen molar-refractivity contribution >= 4 is 12.1 Å². The molecule has 2 atom stereocenters. The number of nitrogens with zero attached hydrogens (tertiary/aromatic N) is 1. The maximum absolute atomic E-state index is 12.4. The fourth-order valence-corrected chi connectivity index (χ4v) is 3.99. The van der Waals surface area contributed by atoms with Gasteiger partial charge in [0.05, 0.1) is 11.6 Å². The van der Waals surface area contributed by atoms with Gasteiger partial charge in [0, 0.05) is 5.92 Å². The third kappa shape index (κ3) is 4.04. The highest BCUT2D eigenvalue weighted by Crippen LogP contribution is 2.44. The minimum Gasteiger partial charge on any atom is -0.480 e. The average Bonchev–Trinajstić information content (AvgIpc) is 3.14. The van der Waals surface area contributed by atoms with Crippen LogP contribution in [0.5, 0.6) is 0 Å². The lowest BCUT2D eigenvalue weighted by atomic mass is 9.98. The SMILES string of the molecule is N#Cc1ccc([C@@H](O)C(NC(=O)OCC2c3ccccc3-c3ccccc32)C(=O)O)cc1. The summed E-state index contributed by atoms with van der Waals surface area (Å²) in [4.78, 5) is 24.1. The van der Waals surface area contributed by atoms with Crippen LogP contribution in [0.1, 0.15) is 34.3 Å². The van der Waals surface area contributed by atoms with Crippen LogP contribution in [0.3, 0.4) is 0 Å². The Hall–Kier alpha value is -4.15. The summed E-state index contributed by atoms with van der Waals surface area (Å²) in [6.45, 7) is 0.0269. The largest absolute Gasteiger partial charge is 0.480 e. The van der Waals surface area contributed by atoms with Crippen molar-refractivity contribution in [3.8, 4) is 17.2 Å². The molecular formula is C25H20N2O5. The number of carboxylic acids is 1. The molecule has 0 radical (unpaired) electrons. The number of hydrogen-bond donors (Lipinski definition) is 3. The molecule has 7 heteroatoms. The normalized spacial score (nSPS) is 13.9. The molecule has 1 aliphatic rings. The van der Waals surface area contributed by atoms with E-state index < -0.39 is 24.2 Å². The fourth-order valence-electron chi connectivity index (χ4n) is 3.99. The molecule has 160 valence electrons. The van der Waals surface area contributed by atoms with Crippen LogP contribution in [0.15, 0.2) is 72.8 Å². The quantitative estimate of drug-likeness (QED) is 0.552. The van der Waals surface area contributed by atoms with E-state index in [1.807, 2.05) is 54.6 Å². The van der Waals surface area contributed by atoms with Crippen molar-refractivity contribution in [2.75, 3.05) is 6.61 Å². The Labute approximate surface area is 184 Å². The minimum atomic E-state index is -1.61. The Morgan fingerprint density at radius 2 is 1.53 bits per heavy atom. The van der Waals surface area contributed by atoms with Crippen LogP contribution in [0.2, 0.25) is 0 Å². The van der Waals surface area contributed by atoms with Crippen LogP contribution in [-0.2, 0) is 9.53 Å². The van der Waals surface area contributed by atoms with E-state index in [-0.39, 0.29) is 18.1 Å². The lowest BCUT2D eigenvalue weighted by molar-refractivity contribution is -0.142. The highest BCUT2D eigenvalue weighted by atomic mass is 16.5. The lowest BCUT2D eigenvalue weighted by Crippen LogP contribution is -2.45. The van der Waals surface area contributed by atoms with Crippen molar-refractivity contribution in [1.29, 1.82) is 5.26 Å². The van der Waals surface area contributed by atoms with Crippen molar-refractivity contribution in [2.45, 2.75) is 18.1 Å². The van der Waals surface area contributed by atoms with E-state index in [2.05, 4.69) is 5.32 Å². The van der Waals surface area contributed by atoms with Gasteiger partial charge in [0.25, 0.3) is 0 Å². The third-order valence-corrected chi connectivity index (χ3v) is 5.58. The Morgan fingerprint density at radius 1 is 0.969 bits per heavy atom.